The zero-order valence-electron chi connectivity index (χ0n) is 17.4. The predicted molar refractivity (Wildman–Crippen MR) is 117 cm³/mol. The Hall–Kier alpha value is -3.67. The van der Waals surface area contributed by atoms with Crippen molar-refractivity contribution in [1.82, 2.24) is 5.32 Å². The van der Waals surface area contributed by atoms with Crippen LogP contribution < -0.4 is 15.0 Å². The number of ether oxygens (including phenoxy) is 1. The van der Waals surface area contributed by atoms with E-state index in [1.54, 1.807) is 42.3 Å². The Morgan fingerprint density at radius 2 is 1.90 bits per heavy atom. The largest absolute Gasteiger partial charge is 0.497 e. The van der Waals surface area contributed by atoms with Crippen molar-refractivity contribution in [3.63, 3.8) is 0 Å². The number of rotatable bonds is 6. The van der Waals surface area contributed by atoms with E-state index in [0.29, 0.717) is 12.1 Å². The highest BCUT2D eigenvalue weighted by Crippen LogP contribution is 2.31. The number of nitrogens with one attached hydrogen (secondary N) is 1. The molecule has 1 aliphatic rings. The number of fused-ring (bicyclic) bond motifs is 1. The van der Waals surface area contributed by atoms with Gasteiger partial charge in [0.05, 0.1) is 26.1 Å². The maximum absolute atomic E-state index is 13.5. The lowest BCUT2D eigenvalue weighted by molar-refractivity contribution is -0.117. The van der Waals surface area contributed by atoms with Crippen LogP contribution in [0, 0.1) is 5.82 Å². The van der Waals surface area contributed by atoms with E-state index in [2.05, 4.69) is 5.32 Å². The third-order valence-electron chi connectivity index (χ3n) is 5.47. The summed E-state index contributed by atoms with van der Waals surface area (Å²) < 4.78 is 18.7. The number of carbonyl (C=O) groups excluding carboxylic acids is 2. The maximum atomic E-state index is 13.5. The monoisotopic (exact) mass is 418 g/mol. The van der Waals surface area contributed by atoms with E-state index < -0.39 is 0 Å². The second-order valence-electron chi connectivity index (χ2n) is 7.60. The smallest absolute Gasteiger partial charge is 0.251 e. The normalized spacial score (nSPS) is 13.6. The lowest BCUT2D eigenvalue weighted by atomic mass is 10.1. The average Bonchev–Trinajstić information content (AvgIpc) is 3.08. The Morgan fingerprint density at radius 3 is 2.61 bits per heavy atom. The average molecular weight is 418 g/mol. The first-order valence-corrected chi connectivity index (χ1v) is 10.1. The molecule has 0 unspecified atom stereocenters. The molecule has 4 rings (SSSR count). The second-order valence-corrected chi connectivity index (χ2v) is 7.60. The van der Waals surface area contributed by atoms with E-state index in [1.807, 2.05) is 31.2 Å². The molecule has 0 fully saturated rings. The number of carbonyl (C=O) groups is 2. The van der Waals surface area contributed by atoms with Gasteiger partial charge < -0.3 is 15.0 Å². The van der Waals surface area contributed by atoms with Gasteiger partial charge in [0.2, 0.25) is 5.91 Å². The van der Waals surface area contributed by atoms with Crippen LogP contribution >= 0.6 is 0 Å². The molecule has 0 aliphatic carbocycles. The summed E-state index contributed by atoms with van der Waals surface area (Å²) in [7, 11) is 1.61. The highest BCUT2D eigenvalue weighted by Gasteiger charge is 2.28. The van der Waals surface area contributed by atoms with Crippen LogP contribution in [0.3, 0.4) is 0 Å². The van der Waals surface area contributed by atoms with Crippen molar-refractivity contribution in [1.29, 1.82) is 0 Å². The van der Waals surface area contributed by atoms with Gasteiger partial charge in [0, 0.05) is 11.3 Å². The second kappa shape index (κ2) is 8.60. The van der Waals surface area contributed by atoms with Crippen LogP contribution in [0.1, 0.15) is 40.0 Å². The van der Waals surface area contributed by atoms with Crippen molar-refractivity contribution < 1.29 is 18.7 Å². The first-order valence-electron chi connectivity index (χ1n) is 10.1. The SMILES string of the molecule is COc1ccc([C@@H](C)NC(=O)c2ccc3c(c2)CC(=O)N3Cc2cccc(F)c2)cc1. The van der Waals surface area contributed by atoms with Crippen molar-refractivity contribution >= 4 is 17.5 Å². The van der Waals surface area contributed by atoms with Crippen LogP contribution in [0.4, 0.5) is 10.1 Å². The van der Waals surface area contributed by atoms with E-state index in [1.165, 1.54) is 12.1 Å². The number of methoxy groups -OCH3 is 1. The zero-order valence-corrected chi connectivity index (χ0v) is 17.4. The first-order chi connectivity index (χ1) is 14.9. The first kappa shape index (κ1) is 20.6. The predicted octanol–water partition coefficient (Wildman–Crippen LogP) is 4.41. The van der Waals surface area contributed by atoms with Gasteiger partial charge in [-0.3, -0.25) is 9.59 Å². The van der Waals surface area contributed by atoms with E-state index in [-0.39, 0.29) is 30.1 Å². The molecule has 0 saturated carbocycles. The van der Waals surface area contributed by atoms with Crippen LogP contribution in [0.25, 0.3) is 0 Å². The molecular formula is C25H23FN2O3. The molecule has 0 spiro atoms. The summed E-state index contributed by atoms with van der Waals surface area (Å²) in [4.78, 5) is 26.9. The van der Waals surface area contributed by atoms with E-state index in [0.717, 1.165) is 28.1 Å². The van der Waals surface area contributed by atoms with E-state index in [9.17, 15) is 14.0 Å². The molecule has 5 nitrogen and oxygen atoms in total. The minimum absolute atomic E-state index is 0.0663. The number of benzene rings is 3. The summed E-state index contributed by atoms with van der Waals surface area (Å²) in [6.45, 7) is 2.21. The minimum atomic E-state index is -0.331. The molecule has 0 radical (unpaired) electrons. The number of amides is 2. The third kappa shape index (κ3) is 4.43. The Balaban J connectivity index is 1.48. The van der Waals surface area contributed by atoms with Crippen molar-refractivity contribution in [2.75, 3.05) is 12.0 Å². The minimum Gasteiger partial charge on any atom is -0.497 e. The fourth-order valence-corrected chi connectivity index (χ4v) is 3.77. The number of hydrogen-bond donors (Lipinski definition) is 1. The molecule has 0 saturated heterocycles. The molecule has 0 aromatic heterocycles. The molecule has 3 aromatic carbocycles. The summed E-state index contributed by atoms with van der Waals surface area (Å²) in [6, 6.07) is 18.8. The van der Waals surface area contributed by atoms with Crippen LogP contribution in [0.5, 0.6) is 5.75 Å². The molecule has 31 heavy (non-hydrogen) atoms. The standard InChI is InChI=1S/C25H23FN2O3/c1-16(18-6-9-22(31-2)10-7-18)27-25(30)19-8-11-23-20(13-19)14-24(29)28(23)15-17-4-3-5-21(26)12-17/h3-13,16H,14-15H2,1-2H3,(H,27,30)/t16-/m1/s1. The number of anilines is 1. The van der Waals surface area contributed by atoms with Crippen LogP contribution in [-0.2, 0) is 17.8 Å². The quantitative estimate of drug-likeness (QED) is 0.645. The summed E-state index contributed by atoms with van der Waals surface area (Å²) in [5.41, 5.74) is 3.74. The number of halogens is 1. The fourth-order valence-electron chi connectivity index (χ4n) is 3.77. The van der Waals surface area contributed by atoms with Crippen molar-refractivity contribution in [3.05, 3.63) is 94.8 Å². The molecule has 1 N–H and O–H groups in total. The molecular weight excluding hydrogens is 395 g/mol. The Morgan fingerprint density at radius 1 is 1.13 bits per heavy atom. The number of nitrogens with zero attached hydrogens (tertiary/aromatic N) is 1. The topological polar surface area (TPSA) is 58.6 Å². The molecule has 3 aromatic rings. The van der Waals surface area contributed by atoms with Gasteiger partial charge in [-0.15, -0.1) is 0 Å². The molecule has 6 heteroatoms. The van der Waals surface area contributed by atoms with Gasteiger partial charge in [0.25, 0.3) is 5.91 Å². The Kier molecular flexibility index (Phi) is 5.71. The fraction of sp³-hybridized carbons (Fsp3) is 0.200. The molecule has 1 aliphatic heterocycles. The van der Waals surface area contributed by atoms with Crippen LogP contribution in [0.15, 0.2) is 66.7 Å². The maximum Gasteiger partial charge on any atom is 0.251 e. The van der Waals surface area contributed by atoms with Gasteiger partial charge in [-0.1, -0.05) is 24.3 Å². The molecule has 1 atom stereocenters. The van der Waals surface area contributed by atoms with Crippen LogP contribution in [-0.4, -0.2) is 18.9 Å². The number of hydrogen-bond acceptors (Lipinski definition) is 3. The summed E-state index contributed by atoms with van der Waals surface area (Å²) in [5.74, 6) is 0.154. The van der Waals surface area contributed by atoms with Gasteiger partial charge in [0.15, 0.2) is 0 Å². The Bertz CT molecular complexity index is 1130. The Labute approximate surface area is 180 Å². The van der Waals surface area contributed by atoms with E-state index >= 15 is 0 Å². The van der Waals surface area contributed by atoms with Crippen molar-refractivity contribution in [2.24, 2.45) is 0 Å². The summed E-state index contributed by atoms with van der Waals surface area (Å²) >= 11 is 0. The lowest BCUT2D eigenvalue weighted by Gasteiger charge is -2.18. The molecule has 158 valence electrons. The van der Waals surface area contributed by atoms with Crippen molar-refractivity contribution in [2.45, 2.75) is 25.9 Å². The highest BCUT2D eigenvalue weighted by atomic mass is 19.1. The van der Waals surface area contributed by atoms with Crippen LogP contribution in [0.2, 0.25) is 0 Å². The lowest BCUT2D eigenvalue weighted by Crippen LogP contribution is -2.27. The van der Waals surface area contributed by atoms with Gasteiger partial charge in [-0.2, -0.15) is 0 Å². The summed E-state index contributed by atoms with van der Waals surface area (Å²) in [5, 5.41) is 2.99. The van der Waals surface area contributed by atoms with Crippen molar-refractivity contribution in [3.8, 4) is 5.75 Å². The van der Waals surface area contributed by atoms with E-state index in [4.69, 9.17) is 4.74 Å². The highest BCUT2D eigenvalue weighted by molar-refractivity contribution is 6.03. The van der Waals surface area contributed by atoms with Gasteiger partial charge >= 0.3 is 0 Å². The summed E-state index contributed by atoms with van der Waals surface area (Å²) in [6.07, 6.45) is 0.222. The molecule has 1 heterocycles. The van der Waals surface area contributed by atoms with Gasteiger partial charge in [-0.05, 0) is 66.1 Å². The molecule has 2 amide bonds. The van der Waals surface area contributed by atoms with Gasteiger partial charge in [-0.25, -0.2) is 4.39 Å². The van der Waals surface area contributed by atoms with Gasteiger partial charge in [0.1, 0.15) is 11.6 Å². The zero-order chi connectivity index (χ0) is 22.0. The third-order valence-corrected chi connectivity index (χ3v) is 5.47. The molecule has 0 bridgehead atoms.